The van der Waals surface area contributed by atoms with Gasteiger partial charge in [-0.1, -0.05) is 42.5 Å². The molecule has 2 rings (SSSR count). The third kappa shape index (κ3) is 5.98. The molecule has 0 amide bonds. The van der Waals surface area contributed by atoms with Crippen LogP contribution in [0.2, 0.25) is 0 Å². The molecule has 0 saturated carbocycles. The number of benzene rings is 2. The fraction of sp³-hybridized carbons (Fsp3) is 0.333. The average Bonchev–Trinajstić information content (AvgIpc) is 2.48. The van der Waals surface area contributed by atoms with Crippen LogP contribution in [0.15, 0.2) is 54.6 Å². The Hall–Kier alpha value is -1.84. The van der Waals surface area contributed by atoms with Crippen LogP contribution in [-0.4, -0.2) is 30.1 Å². The molecule has 0 unspecified atom stereocenters. The van der Waals surface area contributed by atoms with Gasteiger partial charge < -0.3 is 15.3 Å². The largest absolute Gasteiger partial charge is 0.508 e. The molecule has 0 aliphatic heterocycles. The van der Waals surface area contributed by atoms with E-state index in [2.05, 4.69) is 47.6 Å². The molecule has 2 aromatic carbocycles. The van der Waals surface area contributed by atoms with Gasteiger partial charge in [0.25, 0.3) is 0 Å². The highest BCUT2D eigenvalue weighted by molar-refractivity contribution is 5.26. The van der Waals surface area contributed by atoms with Gasteiger partial charge in [0.15, 0.2) is 0 Å². The fourth-order valence-electron chi connectivity index (χ4n) is 2.35. The molecule has 3 nitrogen and oxygen atoms in total. The second-order valence-electron chi connectivity index (χ2n) is 5.42. The molecule has 112 valence electrons. The maximum absolute atomic E-state index is 9.39. The Morgan fingerprint density at radius 1 is 1.00 bits per heavy atom. The van der Waals surface area contributed by atoms with Crippen LogP contribution in [-0.2, 0) is 13.1 Å². The predicted molar refractivity (Wildman–Crippen MR) is 87.2 cm³/mol. The molecule has 21 heavy (non-hydrogen) atoms. The van der Waals surface area contributed by atoms with Gasteiger partial charge in [0.1, 0.15) is 5.75 Å². The Morgan fingerprint density at radius 2 is 1.76 bits per heavy atom. The lowest BCUT2D eigenvalue weighted by atomic mass is 10.2. The Morgan fingerprint density at radius 3 is 2.52 bits per heavy atom. The first-order valence-electron chi connectivity index (χ1n) is 7.45. The highest BCUT2D eigenvalue weighted by Gasteiger charge is 2.00. The normalized spacial score (nSPS) is 11.0. The summed E-state index contributed by atoms with van der Waals surface area (Å²) in [7, 11) is 2.15. The summed E-state index contributed by atoms with van der Waals surface area (Å²) < 4.78 is 0. The van der Waals surface area contributed by atoms with Crippen LogP contribution in [0.4, 0.5) is 0 Å². The number of hydrogen-bond acceptors (Lipinski definition) is 3. The molecular weight excluding hydrogens is 260 g/mol. The second-order valence-corrected chi connectivity index (χ2v) is 5.42. The van der Waals surface area contributed by atoms with Gasteiger partial charge >= 0.3 is 0 Å². The van der Waals surface area contributed by atoms with Crippen molar-refractivity contribution in [3.05, 3.63) is 65.7 Å². The molecule has 0 saturated heterocycles. The summed E-state index contributed by atoms with van der Waals surface area (Å²) >= 11 is 0. The molecule has 2 aromatic rings. The standard InChI is InChI=1S/C18H24N2O/c1-20(15-16-7-3-2-4-8-16)12-6-11-19-14-17-9-5-10-18(21)13-17/h2-5,7-10,13,19,21H,6,11-12,14-15H2,1H3. The lowest BCUT2D eigenvalue weighted by Crippen LogP contribution is -2.23. The number of phenolic OH excluding ortho intramolecular Hbond substituents is 1. The van der Waals surface area contributed by atoms with E-state index >= 15 is 0 Å². The zero-order chi connectivity index (χ0) is 14.9. The van der Waals surface area contributed by atoms with Crippen molar-refractivity contribution in [2.45, 2.75) is 19.5 Å². The molecule has 0 aliphatic rings. The van der Waals surface area contributed by atoms with Gasteiger partial charge in [-0.25, -0.2) is 0 Å². The van der Waals surface area contributed by atoms with Gasteiger partial charge in [0.05, 0.1) is 0 Å². The molecule has 0 aliphatic carbocycles. The van der Waals surface area contributed by atoms with Crippen molar-refractivity contribution < 1.29 is 5.11 Å². The minimum Gasteiger partial charge on any atom is -0.508 e. The highest BCUT2D eigenvalue weighted by atomic mass is 16.3. The van der Waals surface area contributed by atoms with Crippen LogP contribution in [0.25, 0.3) is 0 Å². The minimum absolute atomic E-state index is 0.330. The monoisotopic (exact) mass is 284 g/mol. The summed E-state index contributed by atoms with van der Waals surface area (Å²) in [5.41, 5.74) is 2.47. The Kier molecular flexibility index (Phi) is 6.25. The van der Waals surface area contributed by atoms with Crippen LogP contribution < -0.4 is 5.32 Å². The molecule has 0 atom stereocenters. The number of nitrogens with zero attached hydrogens (tertiary/aromatic N) is 1. The van der Waals surface area contributed by atoms with Gasteiger partial charge in [-0.05, 0) is 49.8 Å². The second kappa shape index (κ2) is 8.45. The van der Waals surface area contributed by atoms with Crippen molar-refractivity contribution in [1.29, 1.82) is 0 Å². The van der Waals surface area contributed by atoms with E-state index in [4.69, 9.17) is 0 Å². The molecule has 0 fully saturated rings. The first-order valence-corrected chi connectivity index (χ1v) is 7.45. The van der Waals surface area contributed by atoms with E-state index in [0.717, 1.165) is 38.2 Å². The van der Waals surface area contributed by atoms with Crippen molar-refractivity contribution >= 4 is 0 Å². The maximum Gasteiger partial charge on any atom is 0.115 e. The lowest BCUT2D eigenvalue weighted by Gasteiger charge is -2.16. The number of nitrogens with one attached hydrogen (secondary N) is 1. The van der Waals surface area contributed by atoms with Crippen LogP contribution >= 0.6 is 0 Å². The van der Waals surface area contributed by atoms with Crippen LogP contribution in [0.5, 0.6) is 5.75 Å². The van der Waals surface area contributed by atoms with Gasteiger partial charge in [-0.15, -0.1) is 0 Å². The molecule has 0 bridgehead atoms. The Balaban J connectivity index is 1.59. The van der Waals surface area contributed by atoms with E-state index in [-0.39, 0.29) is 0 Å². The Labute approximate surface area is 127 Å². The molecule has 0 heterocycles. The zero-order valence-electron chi connectivity index (χ0n) is 12.6. The van der Waals surface area contributed by atoms with E-state index in [0.29, 0.717) is 5.75 Å². The summed E-state index contributed by atoms with van der Waals surface area (Å²) in [6.45, 7) is 3.85. The molecule has 3 heteroatoms. The van der Waals surface area contributed by atoms with E-state index in [9.17, 15) is 5.11 Å². The molecular formula is C18H24N2O. The Bertz CT molecular complexity index is 528. The van der Waals surface area contributed by atoms with Crippen molar-refractivity contribution in [3.63, 3.8) is 0 Å². The number of hydrogen-bond donors (Lipinski definition) is 2. The first-order chi connectivity index (χ1) is 10.2. The lowest BCUT2D eigenvalue weighted by molar-refractivity contribution is 0.319. The minimum atomic E-state index is 0.330. The van der Waals surface area contributed by atoms with E-state index < -0.39 is 0 Å². The summed E-state index contributed by atoms with van der Waals surface area (Å²) in [5.74, 6) is 0.330. The van der Waals surface area contributed by atoms with Gasteiger partial charge in [-0.3, -0.25) is 0 Å². The third-order valence-corrected chi connectivity index (χ3v) is 3.43. The van der Waals surface area contributed by atoms with Crippen molar-refractivity contribution in [3.8, 4) is 5.75 Å². The van der Waals surface area contributed by atoms with Gasteiger partial charge in [-0.2, -0.15) is 0 Å². The van der Waals surface area contributed by atoms with Crippen molar-refractivity contribution in [2.75, 3.05) is 20.1 Å². The van der Waals surface area contributed by atoms with Crippen LogP contribution in [0.3, 0.4) is 0 Å². The van der Waals surface area contributed by atoms with Crippen LogP contribution in [0, 0.1) is 0 Å². The van der Waals surface area contributed by atoms with Crippen LogP contribution in [0.1, 0.15) is 17.5 Å². The number of aromatic hydroxyl groups is 1. The SMILES string of the molecule is CN(CCCNCc1cccc(O)c1)Cc1ccccc1. The molecule has 0 aromatic heterocycles. The van der Waals surface area contributed by atoms with Gasteiger partial charge in [0.2, 0.25) is 0 Å². The number of rotatable bonds is 8. The van der Waals surface area contributed by atoms with Gasteiger partial charge in [0, 0.05) is 13.1 Å². The topological polar surface area (TPSA) is 35.5 Å². The predicted octanol–water partition coefficient (Wildman–Crippen LogP) is 3.00. The smallest absolute Gasteiger partial charge is 0.115 e. The maximum atomic E-state index is 9.39. The summed E-state index contributed by atoms with van der Waals surface area (Å²) in [5, 5.41) is 12.8. The summed E-state index contributed by atoms with van der Waals surface area (Å²) in [6.07, 6.45) is 1.11. The summed E-state index contributed by atoms with van der Waals surface area (Å²) in [4.78, 5) is 2.34. The van der Waals surface area contributed by atoms with E-state index in [1.165, 1.54) is 5.56 Å². The quantitative estimate of drug-likeness (QED) is 0.732. The fourth-order valence-corrected chi connectivity index (χ4v) is 2.35. The zero-order valence-corrected chi connectivity index (χ0v) is 12.6. The molecule has 0 spiro atoms. The highest BCUT2D eigenvalue weighted by Crippen LogP contribution is 2.10. The molecule has 2 N–H and O–H groups in total. The average molecular weight is 284 g/mol. The summed E-state index contributed by atoms with van der Waals surface area (Å²) in [6, 6.07) is 17.9. The van der Waals surface area contributed by atoms with Crippen molar-refractivity contribution in [1.82, 2.24) is 10.2 Å². The molecule has 0 radical (unpaired) electrons. The van der Waals surface area contributed by atoms with E-state index in [1.54, 1.807) is 12.1 Å². The van der Waals surface area contributed by atoms with E-state index in [1.807, 2.05) is 12.1 Å². The van der Waals surface area contributed by atoms with Crippen molar-refractivity contribution in [2.24, 2.45) is 0 Å². The number of phenols is 1. The third-order valence-electron chi connectivity index (χ3n) is 3.43. The first kappa shape index (κ1) is 15.5.